The van der Waals surface area contributed by atoms with E-state index in [9.17, 15) is 9.59 Å². The van der Waals surface area contributed by atoms with Crippen LogP contribution in [0.25, 0.3) is 0 Å². The van der Waals surface area contributed by atoms with Crippen molar-refractivity contribution in [2.45, 2.75) is 64.2 Å². The number of methoxy groups -OCH3 is 2. The monoisotopic (exact) mass is 470 g/mol. The van der Waals surface area contributed by atoms with Gasteiger partial charge in [-0.3, -0.25) is 9.59 Å². The van der Waals surface area contributed by atoms with Crippen LogP contribution in [0.1, 0.15) is 84.9 Å². The maximum atomic E-state index is 10.8. The van der Waals surface area contributed by atoms with Crippen LogP contribution in [0, 0.1) is 0 Å². The first-order valence-electron chi connectivity index (χ1n) is 12.2. The molecule has 186 valence electrons. The number of aldehydes is 2. The van der Waals surface area contributed by atoms with Gasteiger partial charge in [-0.25, -0.2) is 0 Å². The Labute approximate surface area is 203 Å². The minimum Gasteiger partial charge on any atom is -0.493 e. The SMILES string of the molecule is COc1cc(C=O)ccc1OCCCCCCCCCCCCOc1ccc(C=O)cc1OC. The Hall–Kier alpha value is -3.02. The van der Waals surface area contributed by atoms with E-state index in [0.717, 1.165) is 38.3 Å². The van der Waals surface area contributed by atoms with Gasteiger partial charge in [0, 0.05) is 11.1 Å². The fourth-order valence-electron chi connectivity index (χ4n) is 3.74. The molecular weight excluding hydrogens is 432 g/mol. The van der Waals surface area contributed by atoms with Crippen LogP contribution < -0.4 is 18.9 Å². The zero-order valence-corrected chi connectivity index (χ0v) is 20.6. The normalized spacial score (nSPS) is 10.5. The molecule has 0 unspecified atom stereocenters. The van der Waals surface area contributed by atoms with E-state index in [1.54, 1.807) is 50.6 Å². The first-order chi connectivity index (χ1) is 16.7. The van der Waals surface area contributed by atoms with Crippen LogP contribution in [-0.2, 0) is 0 Å². The smallest absolute Gasteiger partial charge is 0.161 e. The summed E-state index contributed by atoms with van der Waals surface area (Å²) in [6, 6.07) is 10.4. The molecule has 0 aromatic heterocycles. The molecule has 6 heteroatoms. The minimum absolute atomic E-state index is 0.584. The summed E-state index contributed by atoms with van der Waals surface area (Å²) >= 11 is 0. The second-order valence-electron chi connectivity index (χ2n) is 8.29. The van der Waals surface area contributed by atoms with Crippen molar-refractivity contribution in [2.24, 2.45) is 0 Å². The lowest BCUT2D eigenvalue weighted by molar-refractivity contribution is 0.111. The molecule has 34 heavy (non-hydrogen) atoms. The quantitative estimate of drug-likeness (QED) is 0.168. The highest BCUT2D eigenvalue weighted by molar-refractivity contribution is 5.76. The Kier molecular flexibility index (Phi) is 13.3. The van der Waals surface area contributed by atoms with Gasteiger partial charge in [0.25, 0.3) is 0 Å². The molecule has 0 radical (unpaired) electrons. The van der Waals surface area contributed by atoms with Crippen molar-refractivity contribution in [3.05, 3.63) is 47.5 Å². The Morgan fingerprint density at radius 1 is 0.529 bits per heavy atom. The van der Waals surface area contributed by atoms with Crippen LogP contribution in [0.2, 0.25) is 0 Å². The molecule has 0 aliphatic rings. The van der Waals surface area contributed by atoms with Gasteiger partial charge in [0.05, 0.1) is 27.4 Å². The highest BCUT2D eigenvalue weighted by atomic mass is 16.5. The number of hydrogen-bond donors (Lipinski definition) is 0. The van der Waals surface area contributed by atoms with E-state index in [1.807, 2.05) is 0 Å². The molecule has 0 aliphatic heterocycles. The Bertz CT molecular complexity index is 792. The predicted molar refractivity (Wildman–Crippen MR) is 134 cm³/mol. The van der Waals surface area contributed by atoms with E-state index in [4.69, 9.17) is 18.9 Å². The standard InChI is InChI=1S/C28H38O6/c1-31-27-19-23(21-29)13-15-25(27)33-17-11-9-7-5-3-4-6-8-10-12-18-34-26-16-14-24(22-30)20-28(26)32-2/h13-16,19-22H,3-12,17-18H2,1-2H3. The Morgan fingerprint density at radius 3 is 1.21 bits per heavy atom. The second-order valence-corrected chi connectivity index (χ2v) is 8.29. The highest BCUT2D eigenvalue weighted by Gasteiger charge is 2.06. The van der Waals surface area contributed by atoms with Crippen molar-refractivity contribution in [1.29, 1.82) is 0 Å². The Morgan fingerprint density at radius 2 is 0.882 bits per heavy atom. The van der Waals surface area contributed by atoms with Crippen LogP contribution >= 0.6 is 0 Å². The minimum atomic E-state index is 0.584. The lowest BCUT2D eigenvalue weighted by Gasteiger charge is -2.11. The van der Waals surface area contributed by atoms with Gasteiger partial charge in [-0.05, 0) is 49.2 Å². The molecule has 2 rings (SSSR count). The van der Waals surface area contributed by atoms with Crippen LogP contribution in [-0.4, -0.2) is 40.0 Å². The molecule has 0 bridgehead atoms. The van der Waals surface area contributed by atoms with Gasteiger partial charge in [-0.15, -0.1) is 0 Å². The largest absolute Gasteiger partial charge is 0.493 e. The third kappa shape index (κ3) is 9.86. The molecule has 0 aliphatic carbocycles. The first-order valence-corrected chi connectivity index (χ1v) is 12.2. The highest BCUT2D eigenvalue weighted by Crippen LogP contribution is 2.28. The molecule has 0 spiro atoms. The van der Waals surface area contributed by atoms with E-state index < -0.39 is 0 Å². The van der Waals surface area contributed by atoms with Crippen molar-refractivity contribution >= 4 is 12.6 Å². The van der Waals surface area contributed by atoms with Crippen molar-refractivity contribution in [3.8, 4) is 23.0 Å². The summed E-state index contributed by atoms with van der Waals surface area (Å²) in [6.45, 7) is 1.32. The summed E-state index contributed by atoms with van der Waals surface area (Å²) < 4.78 is 22.2. The van der Waals surface area contributed by atoms with Gasteiger partial charge in [0.15, 0.2) is 23.0 Å². The van der Waals surface area contributed by atoms with E-state index in [0.29, 0.717) is 47.3 Å². The summed E-state index contributed by atoms with van der Waals surface area (Å²) in [5.41, 5.74) is 1.17. The van der Waals surface area contributed by atoms with Gasteiger partial charge >= 0.3 is 0 Å². The lowest BCUT2D eigenvalue weighted by Crippen LogP contribution is -2.00. The number of unbranched alkanes of at least 4 members (excludes halogenated alkanes) is 9. The van der Waals surface area contributed by atoms with Crippen LogP contribution in [0.5, 0.6) is 23.0 Å². The van der Waals surface area contributed by atoms with Gasteiger partial charge in [-0.1, -0.05) is 51.4 Å². The van der Waals surface area contributed by atoms with Crippen molar-refractivity contribution < 1.29 is 28.5 Å². The molecule has 0 atom stereocenters. The predicted octanol–water partition coefficient (Wildman–Crippen LogP) is 6.69. The number of carbonyl (C=O) groups is 2. The van der Waals surface area contributed by atoms with Crippen LogP contribution in [0.4, 0.5) is 0 Å². The summed E-state index contributed by atoms with van der Waals surface area (Å²) in [5, 5.41) is 0. The molecule has 0 amide bonds. The van der Waals surface area contributed by atoms with Gasteiger partial charge < -0.3 is 18.9 Å². The van der Waals surface area contributed by atoms with Crippen molar-refractivity contribution in [2.75, 3.05) is 27.4 Å². The third-order valence-electron chi connectivity index (χ3n) is 5.70. The molecule has 2 aromatic rings. The van der Waals surface area contributed by atoms with Crippen molar-refractivity contribution in [3.63, 3.8) is 0 Å². The van der Waals surface area contributed by atoms with Gasteiger partial charge in [-0.2, -0.15) is 0 Å². The summed E-state index contributed by atoms with van der Waals surface area (Å²) in [4.78, 5) is 21.7. The molecule has 0 saturated heterocycles. The zero-order chi connectivity index (χ0) is 24.4. The topological polar surface area (TPSA) is 71.1 Å². The van der Waals surface area contributed by atoms with Crippen LogP contribution in [0.3, 0.4) is 0 Å². The number of rotatable bonds is 19. The molecule has 2 aromatic carbocycles. The lowest BCUT2D eigenvalue weighted by atomic mass is 10.1. The maximum absolute atomic E-state index is 10.8. The molecule has 0 heterocycles. The Balaban J connectivity index is 1.42. The van der Waals surface area contributed by atoms with E-state index in [-0.39, 0.29) is 0 Å². The van der Waals surface area contributed by atoms with E-state index >= 15 is 0 Å². The molecule has 0 N–H and O–H groups in total. The zero-order valence-electron chi connectivity index (χ0n) is 20.6. The summed E-state index contributed by atoms with van der Waals surface area (Å²) in [5.74, 6) is 2.58. The molecule has 0 saturated carbocycles. The second kappa shape index (κ2) is 16.6. The molecule has 0 fully saturated rings. The molecular formula is C28H38O6. The number of carbonyl (C=O) groups excluding carboxylic acids is 2. The number of ether oxygens (including phenoxy) is 4. The molecule has 6 nitrogen and oxygen atoms in total. The summed E-state index contributed by atoms with van der Waals surface area (Å²) in [7, 11) is 3.16. The fraction of sp³-hybridized carbons (Fsp3) is 0.500. The van der Waals surface area contributed by atoms with Gasteiger partial charge in [0.1, 0.15) is 12.6 Å². The van der Waals surface area contributed by atoms with Crippen molar-refractivity contribution in [1.82, 2.24) is 0 Å². The fourth-order valence-corrected chi connectivity index (χ4v) is 3.74. The first kappa shape index (κ1) is 27.2. The third-order valence-corrected chi connectivity index (χ3v) is 5.70. The average molecular weight is 471 g/mol. The number of benzene rings is 2. The maximum Gasteiger partial charge on any atom is 0.161 e. The van der Waals surface area contributed by atoms with E-state index in [2.05, 4.69) is 0 Å². The van der Waals surface area contributed by atoms with E-state index in [1.165, 1.54) is 38.5 Å². The van der Waals surface area contributed by atoms with Crippen LogP contribution in [0.15, 0.2) is 36.4 Å². The average Bonchev–Trinajstić information content (AvgIpc) is 2.88. The number of hydrogen-bond acceptors (Lipinski definition) is 6. The van der Waals surface area contributed by atoms with Gasteiger partial charge in [0.2, 0.25) is 0 Å². The summed E-state index contributed by atoms with van der Waals surface area (Å²) in [6.07, 6.45) is 13.5.